The van der Waals surface area contributed by atoms with Gasteiger partial charge < -0.3 is 5.11 Å². The minimum atomic E-state index is -0.376. The van der Waals surface area contributed by atoms with E-state index in [0.29, 0.717) is 11.5 Å². The lowest BCUT2D eigenvalue weighted by Crippen LogP contribution is -2.19. The second kappa shape index (κ2) is 5.40. The first kappa shape index (κ1) is 13.9. The zero-order valence-corrected chi connectivity index (χ0v) is 12.2. The summed E-state index contributed by atoms with van der Waals surface area (Å²) in [6.45, 7) is 3.81. The number of aryl methyl sites for hydroxylation is 2. The molecule has 0 fully saturated rings. The summed E-state index contributed by atoms with van der Waals surface area (Å²) in [7, 11) is 0. The summed E-state index contributed by atoms with van der Waals surface area (Å²) in [5.41, 5.74) is 2.02. The number of aliphatic imine (C=N–C) groups is 1. The molecule has 22 heavy (non-hydrogen) atoms. The van der Waals surface area contributed by atoms with Crippen LogP contribution < -0.4 is 5.56 Å². The molecule has 6 heteroatoms. The molecule has 0 aromatic carbocycles. The van der Waals surface area contributed by atoms with Gasteiger partial charge in [-0.25, -0.2) is 9.98 Å². The monoisotopic (exact) mass is 294 g/mol. The van der Waals surface area contributed by atoms with E-state index in [1.54, 1.807) is 30.6 Å². The van der Waals surface area contributed by atoms with E-state index in [2.05, 4.69) is 15.0 Å². The molecule has 0 atom stereocenters. The lowest BCUT2D eigenvalue weighted by Gasteiger charge is -2.04. The Hall–Kier alpha value is -3.02. The largest absolute Gasteiger partial charge is 0.493 e. The Bertz CT molecular complexity index is 945. The maximum Gasteiger partial charge on any atom is 0.270 e. The molecule has 0 aliphatic carbocycles. The Morgan fingerprint density at radius 2 is 2.00 bits per heavy atom. The van der Waals surface area contributed by atoms with Crippen LogP contribution in [0.25, 0.3) is 5.65 Å². The van der Waals surface area contributed by atoms with Crippen LogP contribution in [-0.2, 0) is 0 Å². The van der Waals surface area contributed by atoms with Crippen molar-refractivity contribution in [3.8, 4) is 5.88 Å². The molecular formula is C16H14N4O2. The van der Waals surface area contributed by atoms with Gasteiger partial charge in [-0.05, 0) is 49.2 Å². The van der Waals surface area contributed by atoms with E-state index < -0.39 is 0 Å². The quantitative estimate of drug-likeness (QED) is 0.734. The molecule has 0 saturated heterocycles. The van der Waals surface area contributed by atoms with Crippen LogP contribution in [0.2, 0.25) is 0 Å². The Balaban J connectivity index is 2.11. The van der Waals surface area contributed by atoms with E-state index in [1.165, 1.54) is 10.6 Å². The van der Waals surface area contributed by atoms with Gasteiger partial charge in [-0.1, -0.05) is 0 Å². The zero-order valence-electron chi connectivity index (χ0n) is 12.2. The number of fused-ring (bicyclic) bond motifs is 1. The number of pyridine rings is 2. The van der Waals surface area contributed by atoms with Crippen LogP contribution in [-0.4, -0.2) is 25.7 Å². The number of aromatic hydroxyl groups is 1. The van der Waals surface area contributed by atoms with E-state index in [1.807, 2.05) is 19.9 Å². The number of rotatable bonds is 2. The third kappa shape index (κ3) is 2.58. The molecule has 0 saturated carbocycles. The Morgan fingerprint density at radius 3 is 2.77 bits per heavy atom. The zero-order chi connectivity index (χ0) is 15.7. The maximum atomic E-state index is 12.4. The molecule has 0 unspecified atom stereocenters. The summed E-state index contributed by atoms with van der Waals surface area (Å²) in [5.74, 6) is 0.125. The van der Waals surface area contributed by atoms with E-state index in [0.717, 1.165) is 11.1 Å². The molecule has 0 radical (unpaired) electrons. The van der Waals surface area contributed by atoms with Gasteiger partial charge in [0.25, 0.3) is 5.56 Å². The molecule has 0 aliphatic rings. The molecule has 3 heterocycles. The highest BCUT2D eigenvalue weighted by molar-refractivity contribution is 5.84. The number of nitrogens with zero attached hydrogens (tertiary/aromatic N) is 4. The molecular weight excluding hydrogens is 280 g/mol. The summed E-state index contributed by atoms with van der Waals surface area (Å²) in [4.78, 5) is 24.6. The van der Waals surface area contributed by atoms with Crippen LogP contribution in [0.5, 0.6) is 5.88 Å². The third-order valence-corrected chi connectivity index (χ3v) is 3.23. The molecule has 110 valence electrons. The van der Waals surface area contributed by atoms with Crippen molar-refractivity contribution in [3.63, 3.8) is 0 Å². The number of hydrogen-bond acceptors (Lipinski definition) is 5. The Kier molecular flexibility index (Phi) is 3.42. The summed E-state index contributed by atoms with van der Waals surface area (Å²) in [6, 6.07) is 7.16. The summed E-state index contributed by atoms with van der Waals surface area (Å²) in [5, 5.41) is 9.98. The highest BCUT2D eigenvalue weighted by Crippen LogP contribution is 2.13. The SMILES string of the molecule is Cc1ccnc(N=Cc2c(O)nc3cc(C)ccn3c2=O)c1. The Labute approximate surface area is 126 Å². The first-order valence-electron chi connectivity index (χ1n) is 6.73. The van der Waals surface area contributed by atoms with Gasteiger partial charge in [0.2, 0.25) is 5.88 Å². The van der Waals surface area contributed by atoms with Gasteiger partial charge in [0.15, 0.2) is 5.82 Å². The fraction of sp³-hybridized carbons (Fsp3) is 0.125. The number of hydrogen-bond donors (Lipinski definition) is 1. The third-order valence-electron chi connectivity index (χ3n) is 3.23. The van der Waals surface area contributed by atoms with Crippen LogP contribution in [0.1, 0.15) is 16.7 Å². The van der Waals surface area contributed by atoms with Gasteiger partial charge in [0, 0.05) is 18.6 Å². The first-order valence-corrected chi connectivity index (χ1v) is 6.73. The minimum Gasteiger partial charge on any atom is -0.493 e. The molecule has 0 bridgehead atoms. The lowest BCUT2D eigenvalue weighted by molar-refractivity contribution is 0.452. The maximum absolute atomic E-state index is 12.4. The second-order valence-electron chi connectivity index (χ2n) is 5.04. The van der Waals surface area contributed by atoms with E-state index in [9.17, 15) is 9.90 Å². The van der Waals surface area contributed by atoms with Gasteiger partial charge in [-0.2, -0.15) is 4.98 Å². The Morgan fingerprint density at radius 1 is 1.23 bits per heavy atom. The fourth-order valence-corrected chi connectivity index (χ4v) is 2.08. The van der Waals surface area contributed by atoms with Gasteiger partial charge in [0.05, 0.1) is 0 Å². The highest BCUT2D eigenvalue weighted by atomic mass is 16.3. The number of aromatic nitrogens is 3. The van der Waals surface area contributed by atoms with Crippen molar-refractivity contribution < 1.29 is 5.11 Å². The van der Waals surface area contributed by atoms with Crippen molar-refractivity contribution in [2.45, 2.75) is 13.8 Å². The van der Waals surface area contributed by atoms with Crippen molar-refractivity contribution >= 4 is 17.7 Å². The van der Waals surface area contributed by atoms with Crippen LogP contribution >= 0.6 is 0 Å². The van der Waals surface area contributed by atoms with E-state index in [-0.39, 0.29) is 17.0 Å². The molecule has 0 aliphatic heterocycles. The standard InChI is InChI=1S/C16H14N4O2/c1-10-3-5-17-13(7-10)18-9-12-15(21)19-14-8-11(2)4-6-20(14)16(12)22/h3-9,21H,1-2H3. The second-order valence-corrected chi connectivity index (χ2v) is 5.04. The van der Waals surface area contributed by atoms with Crippen molar-refractivity contribution in [1.82, 2.24) is 14.4 Å². The predicted octanol–water partition coefficient (Wildman–Crippen LogP) is 2.16. The van der Waals surface area contributed by atoms with Gasteiger partial charge in [0.1, 0.15) is 11.2 Å². The first-order chi connectivity index (χ1) is 10.5. The van der Waals surface area contributed by atoms with Crippen LogP contribution in [0.3, 0.4) is 0 Å². The topological polar surface area (TPSA) is 79.8 Å². The average Bonchev–Trinajstić information content (AvgIpc) is 2.46. The van der Waals surface area contributed by atoms with Crippen molar-refractivity contribution in [2.75, 3.05) is 0 Å². The molecule has 3 rings (SSSR count). The van der Waals surface area contributed by atoms with Crippen molar-refractivity contribution in [3.05, 3.63) is 63.7 Å². The minimum absolute atomic E-state index is 0.0321. The average molecular weight is 294 g/mol. The van der Waals surface area contributed by atoms with Gasteiger partial charge >= 0.3 is 0 Å². The van der Waals surface area contributed by atoms with Gasteiger partial charge in [-0.15, -0.1) is 0 Å². The molecule has 0 spiro atoms. The summed E-state index contributed by atoms with van der Waals surface area (Å²) in [6.07, 6.45) is 4.55. The smallest absolute Gasteiger partial charge is 0.270 e. The summed E-state index contributed by atoms with van der Waals surface area (Å²) >= 11 is 0. The molecule has 3 aromatic rings. The predicted molar refractivity (Wildman–Crippen MR) is 84.1 cm³/mol. The fourth-order valence-electron chi connectivity index (χ4n) is 2.08. The molecule has 6 nitrogen and oxygen atoms in total. The van der Waals surface area contributed by atoms with Gasteiger partial charge in [-0.3, -0.25) is 9.20 Å². The van der Waals surface area contributed by atoms with Crippen molar-refractivity contribution in [1.29, 1.82) is 0 Å². The van der Waals surface area contributed by atoms with Crippen LogP contribution in [0.4, 0.5) is 5.82 Å². The van der Waals surface area contributed by atoms with E-state index in [4.69, 9.17) is 0 Å². The highest BCUT2D eigenvalue weighted by Gasteiger charge is 2.10. The van der Waals surface area contributed by atoms with Crippen molar-refractivity contribution in [2.24, 2.45) is 4.99 Å². The normalized spacial score (nSPS) is 11.4. The molecule has 3 aromatic heterocycles. The molecule has 1 N–H and O–H groups in total. The lowest BCUT2D eigenvalue weighted by atomic mass is 10.2. The van der Waals surface area contributed by atoms with Crippen LogP contribution in [0, 0.1) is 13.8 Å². The summed E-state index contributed by atoms with van der Waals surface area (Å²) < 4.78 is 1.37. The molecule has 0 amide bonds. The van der Waals surface area contributed by atoms with E-state index >= 15 is 0 Å². The van der Waals surface area contributed by atoms with Crippen LogP contribution in [0.15, 0.2) is 46.4 Å².